The van der Waals surface area contributed by atoms with E-state index in [-0.39, 0.29) is 23.3 Å². The lowest BCUT2D eigenvalue weighted by atomic mass is 10.0. The van der Waals surface area contributed by atoms with E-state index in [1.807, 2.05) is 4.90 Å². The van der Waals surface area contributed by atoms with Gasteiger partial charge in [0, 0.05) is 24.4 Å². The van der Waals surface area contributed by atoms with Crippen LogP contribution in [0.15, 0.2) is 11.4 Å². The molecule has 0 radical (unpaired) electrons. The van der Waals surface area contributed by atoms with Gasteiger partial charge in [-0.05, 0) is 35.8 Å². The molecule has 0 N–H and O–H groups in total. The Balaban J connectivity index is 1.60. The van der Waals surface area contributed by atoms with Crippen molar-refractivity contribution in [1.29, 1.82) is 0 Å². The minimum atomic E-state index is -2.88. The van der Waals surface area contributed by atoms with Crippen LogP contribution < -0.4 is 0 Å². The summed E-state index contributed by atoms with van der Waals surface area (Å²) in [6.45, 7) is 1.46. The topological polar surface area (TPSA) is 54.5 Å². The van der Waals surface area contributed by atoms with Crippen molar-refractivity contribution in [2.45, 2.75) is 25.8 Å². The number of hydrogen-bond acceptors (Lipinski definition) is 4. The maximum atomic E-state index is 12.2. The SMILES string of the molecule is O=C(C[C@@H]1CCS(=O)(=O)C1)N1CCc2sccc2C1. The quantitative estimate of drug-likeness (QED) is 0.831. The lowest BCUT2D eigenvalue weighted by Crippen LogP contribution is -2.36. The molecule has 2 aliphatic rings. The van der Waals surface area contributed by atoms with Gasteiger partial charge in [0.25, 0.3) is 0 Å². The zero-order chi connectivity index (χ0) is 13.5. The van der Waals surface area contributed by atoms with Gasteiger partial charge in [-0.25, -0.2) is 8.42 Å². The third-order valence-electron chi connectivity index (χ3n) is 3.95. The third kappa shape index (κ3) is 2.84. The Morgan fingerprint density at radius 1 is 1.47 bits per heavy atom. The number of carbonyl (C=O) groups excluding carboxylic acids is 1. The van der Waals surface area contributed by atoms with Crippen LogP contribution in [0.5, 0.6) is 0 Å². The summed E-state index contributed by atoms with van der Waals surface area (Å²) in [6.07, 6.45) is 1.96. The first-order chi connectivity index (χ1) is 9.03. The summed E-state index contributed by atoms with van der Waals surface area (Å²) < 4.78 is 22.8. The van der Waals surface area contributed by atoms with E-state index in [0.29, 0.717) is 19.4 Å². The average Bonchev–Trinajstić information content (AvgIpc) is 2.94. The number of fused-ring (bicyclic) bond motifs is 1. The van der Waals surface area contributed by atoms with Gasteiger partial charge >= 0.3 is 0 Å². The van der Waals surface area contributed by atoms with Crippen molar-refractivity contribution in [1.82, 2.24) is 4.90 Å². The van der Waals surface area contributed by atoms with E-state index in [9.17, 15) is 13.2 Å². The molecule has 6 heteroatoms. The van der Waals surface area contributed by atoms with Crippen LogP contribution in [0.25, 0.3) is 0 Å². The van der Waals surface area contributed by atoms with Gasteiger partial charge in [-0.2, -0.15) is 0 Å². The Labute approximate surface area is 117 Å². The summed E-state index contributed by atoms with van der Waals surface area (Å²) >= 11 is 1.75. The van der Waals surface area contributed by atoms with Crippen LogP contribution in [0.2, 0.25) is 0 Å². The summed E-state index contributed by atoms with van der Waals surface area (Å²) in [5, 5.41) is 2.07. The highest BCUT2D eigenvalue weighted by molar-refractivity contribution is 7.91. The summed E-state index contributed by atoms with van der Waals surface area (Å²) in [6, 6.07) is 2.08. The predicted molar refractivity (Wildman–Crippen MR) is 74.8 cm³/mol. The lowest BCUT2D eigenvalue weighted by Gasteiger charge is -2.27. The van der Waals surface area contributed by atoms with Gasteiger partial charge in [0.15, 0.2) is 9.84 Å². The van der Waals surface area contributed by atoms with E-state index in [0.717, 1.165) is 13.0 Å². The van der Waals surface area contributed by atoms with E-state index in [1.165, 1.54) is 10.4 Å². The standard InChI is InChI=1S/C13H17NO3S2/c15-13(7-10-3-6-19(16,17)9-10)14-4-1-12-11(8-14)2-5-18-12/h2,5,10H,1,3-4,6-9H2/t10-/m0/s1. The number of amides is 1. The Morgan fingerprint density at radius 3 is 3.05 bits per heavy atom. The minimum absolute atomic E-state index is 0.0290. The van der Waals surface area contributed by atoms with Crippen molar-refractivity contribution in [3.8, 4) is 0 Å². The molecule has 1 fully saturated rings. The van der Waals surface area contributed by atoms with Crippen molar-refractivity contribution < 1.29 is 13.2 Å². The molecule has 104 valence electrons. The molecule has 1 saturated heterocycles. The molecule has 0 spiro atoms. The van der Waals surface area contributed by atoms with Crippen molar-refractivity contribution >= 4 is 27.1 Å². The predicted octanol–water partition coefficient (Wildman–Crippen LogP) is 1.46. The number of thiophene rings is 1. The molecule has 0 saturated carbocycles. The molecule has 19 heavy (non-hydrogen) atoms. The molecule has 1 aromatic heterocycles. The summed E-state index contributed by atoms with van der Waals surface area (Å²) in [4.78, 5) is 15.5. The Hall–Kier alpha value is -0.880. The molecular formula is C13H17NO3S2. The van der Waals surface area contributed by atoms with Crippen LogP contribution in [0, 0.1) is 5.92 Å². The van der Waals surface area contributed by atoms with Crippen molar-refractivity contribution in [3.63, 3.8) is 0 Å². The molecule has 0 unspecified atom stereocenters. The Kier molecular flexibility index (Phi) is 3.39. The van der Waals surface area contributed by atoms with E-state index < -0.39 is 9.84 Å². The monoisotopic (exact) mass is 299 g/mol. The minimum Gasteiger partial charge on any atom is -0.338 e. The van der Waals surface area contributed by atoms with Gasteiger partial charge in [-0.1, -0.05) is 0 Å². The third-order valence-corrected chi connectivity index (χ3v) is 6.81. The zero-order valence-electron chi connectivity index (χ0n) is 10.7. The van der Waals surface area contributed by atoms with E-state index in [2.05, 4.69) is 11.4 Å². The molecular weight excluding hydrogens is 282 g/mol. The number of hydrogen-bond donors (Lipinski definition) is 0. The average molecular weight is 299 g/mol. The van der Waals surface area contributed by atoms with Gasteiger partial charge in [0.2, 0.25) is 5.91 Å². The Bertz CT molecular complexity index is 591. The maximum absolute atomic E-state index is 12.2. The molecule has 0 bridgehead atoms. The molecule has 1 amide bonds. The second kappa shape index (κ2) is 4.90. The number of carbonyl (C=O) groups is 1. The summed E-state index contributed by atoms with van der Waals surface area (Å²) in [7, 11) is -2.88. The van der Waals surface area contributed by atoms with Crippen LogP contribution in [0.4, 0.5) is 0 Å². The van der Waals surface area contributed by atoms with Crippen LogP contribution in [-0.2, 0) is 27.6 Å². The lowest BCUT2D eigenvalue weighted by molar-refractivity contribution is -0.132. The first kappa shape index (κ1) is 13.1. The van der Waals surface area contributed by atoms with Gasteiger partial charge in [-0.15, -0.1) is 11.3 Å². The summed E-state index contributed by atoms with van der Waals surface area (Å²) in [5.41, 5.74) is 1.25. The smallest absolute Gasteiger partial charge is 0.223 e. The fourth-order valence-corrected chi connectivity index (χ4v) is 5.62. The fourth-order valence-electron chi connectivity index (χ4n) is 2.87. The highest BCUT2D eigenvalue weighted by atomic mass is 32.2. The largest absolute Gasteiger partial charge is 0.338 e. The second-order valence-electron chi connectivity index (χ2n) is 5.41. The highest BCUT2D eigenvalue weighted by Gasteiger charge is 2.31. The van der Waals surface area contributed by atoms with Gasteiger partial charge in [0.1, 0.15) is 0 Å². The maximum Gasteiger partial charge on any atom is 0.223 e. The van der Waals surface area contributed by atoms with E-state index in [1.54, 1.807) is 11.3 Å². The van der Waals surface area contributed by atoms with Crippen LogP contribution in [-0.4, -0.2) is 37.3 Å². The van der Waals surface area contributed by atoms with E-state index in [4.69, 9.17) is 0 Å². The first-order valence-electron chi connectivity index (χ1n) is 6.57. The molecule has 3 heterocycles. The molecule has 1 atom stereocenters. The molecule has 2 aliphatic heterocycles. The fraction of sp³-hybridized carbons (Fsp3) is 0.615. The molecule has 1 aromatic rings. The van der Waals surface area contributed by atoms with E-state index >= 15 is 0 Å². The van der Waals surface area contributed by atoms with Gasteiger partial charge in [0.05, 0.1) is 11.5 Å². The normalized spacial score (nSPS) is 25.3. The van der Waals surface area contributed by atoms with Gasteiger partial charge < -0.3 is 4.90 Å². The van der Waals surface area contributed by atoms with Crippen LogP contribution in [0.3, 0.4) is 0 Å². The van der Waals surface area contributed by atoms with Crippen molar-refractivity contribution in [3.05, 3.63) is 21.9 Å². The first-order valence-corrected chi connectivity index (χ1v) is 9.27. The van der Waals surface area contributed by atoms with Crippen LogP contribution >= 0.6 is 11.3 Å². The number of sulfone groups is 1. The van der Waals surface area contributed by atoms with Gasteiger partial charge in [-0.3, -0.25) is 4.79 Å². The van der Waals surface area contributed by atoms with Crippen molar-refractivity contribution in [2.24, 2.45) is 5.92 Å². The van der Waals surface area contributed by atoms with Crippen LogP contribution in [0.1, 0.15) is 23.3 Å². The molecule has 4 nitrogen and oxygen atoms in total. The Morgan fingerprint density at radius 2 is 2.32 bits per heavy atom. The summed E-state index contributed by atoms with van der Waals surface area (Å²) in [5.74, 6) is 0.580. The second-order valence-corrected chi connectivity index (χ2v) is 8.64. The van der Waals surface area contributed by atoms with Crippen molar-refractivity contribution in [2.75, 3.05) is 18.1 Å². The molecule has 0 aliphatic carbocycles. The number of rotatable bonds is 2. The zero-order valence-corrected chi connectivity index (χ0v) is 12.3. The highest BCUT2D eigenvalue weighted by Crippen LogP contribution is 2.27. The molecule has 0 aromatic carbocycles. The number of nitrogens with zero attached hydrogens (tertiary/aromatic N) is 1. The molecule has 3 rings (SSSR count).